The minimum absolute atomic E-state index is 0.158. The van der Waals surface area contributed by atoms with Crippen molar-refractivity contribution >= 4 is 27.5 Å². The molecular weight excluding hydrogens is 404 g/mol. The molecule has 0 bridgehead atoms. The van der Waals surface area contributed by atoms with Gasteiger partial charge in [-0.15, -0.1) is 11.3 Å². The fourth-order valence-electron chi connectivity index (χ4n) is 3.25. The fraction of sp³-hybridized carbons (Fsp3) is 0.409. The molecule has 0 aliphatic rings. The van der Waals surface area contributed by atoms with E-state index in [9.17, 15) is 9.59 Å². The van der Waals surface area contributed by atoms with Gasteiger partial charge in [0.2, 0.25) is 0 Å². The van der Waals surface area contributed by atoms with Gasteiger partial charge < -0.3 is 14.2 Å². The van der Waals surface area contributed by atoms with Crippen LogP contribution in [0.4, 0.5) is 0 Å². The van der Waals surface area contributed by atoms with Gasteiger partial charge in [-0.05, 0) is 45.4 Å². The lowest BCUT2D eigenvalue weighted by Gasteiger charge is -2.10. The molecule has 0 radical (unpaired) electrons. The van der Waals surface area contributed by atoms with Gasteiger partial charge in [-0.2, -0.15) is 0 Å². The number of rotatable bonds is 9. The van der Waals surface area contributed by atoms with E-state index in [0.717, 1.165) is 21.8 Å². The maximum atomic E-state index is 13.3. The highest BCUT2D eigenvalue weighted by Gasteiger charge is 2.20. The topological polar surface area (TPSA) is 79.7 Å². The molecule has 30 heavy (non-hydrogen) atoms. The molecular formula is C22H26N2O5S. The largest absolute Gasteiger partial charge is 0.494 e. The SMILES string of the molecule is CCOCCOC(=O)Cn1c(C)nc2sc(C)c(-c3ccc(OCC)cc3)c2c1=O. The molecule has 0 aliphatic heterocycles. The number of esters is 1. The summed E-state index contributed by atoms with van der Waals surface area (Å²) >= 11 is 1.47. The highest BCUT2D eigenvalue weighted by molar-refractivity contribution is 7.19. The summed E-state index contributed by atoms with van der Waals surface area (Å²) in [6.07, 6.45) is 0. The van der Waals surface area contributed by atoms with Gasteiger partial charge in [0.1, 0.15) is 29.6 Å². The first-order valence-corrected chi connectivity index (χ1v) is 10.7. The van der Waals surface area contributed by atoms with Gasteiger partial charge in [0.25, 0.3) is 5.56 Å². The third-order valence-electron chi connectivity index (χ3n) is 4.61. The zero-order valence-corrected chi connectivity index (χ0v) is 18.5. The van der Waals surface area contributed by atoms with Crippen LogP contribution in [0.25, 0.3) is 21.3 Å². The lowest BCUT2D eigenvalue weighted by molar-refractivity contribution is -0.146. The van der Waals surface area contributed by atoms with Crippen molar-refractivity contribution in [3.05, 3.63) is 45.3 Å². The molecule has 0 unspecified atom stereocenters. The monoisotopic (exact) mass is 430 g/mol. The first-order chi connectivity index (χ1) is 14.5. The number of benzene rings is 1. The summed E-state index contributed by atoms with van der Waals surface area (Å²) in [5.41, 5.74) is 1.51. The standard InChI is InChI=1S/C22H26N2O5S/c1-5-27-11-12-29-18(25)13-24-15(4)23-21-20(22(24)26)19(14(3)30-21)16-7-9-17(10-8-16)28-6-2/h7-10H,5-6,11-13H2,1-4H3. The van der Waals surface area contributed by atoms with E-state index in [0.29, 0.717) is 35.9 Å². The number of carbonyl (C=O) groups excluding carboxylic acids is 1. The molecule has 7 nitrogen and oxygen atoms in total. The summed E-state index contributed by atoms with van der Waals surface area (Å²) in [7, 11) is 0. The van der Waals surface area contributed by atoms with Crippen LogP contribution >= 0.6 is 11.3 Å². The Morgan fingerprint density at radius 2 is 1.83 bits per heavy atom. The number of aryl methyl sites for hydroxylation is 2. The van der Waals surface area contributed by atoms with Crippen molar-refractivity contribution in [3.8, 4) is 16.9 Å². The summed E-state index contributed by atoms with van der Waals surface area (Å²) in [6, 6.07) is 7.64. The maximum absolute atomic E-state index is 13.3. The van der Waals surface area contributed by atoms with Crippen LogP contribution in [0.3, 0.4) is 0 Å². The van der Waals surface area contributed by atoms with Crippen LogP contribution in [0.15, 0.2) is 29.1 Å². The lowest BCUT2D eigenvalue weighted by Crippen LogP contribution is -2.28. The minimum atomic E-state index is -0.490. The van der Waals surface area contributed by atoms with E-state index in [1.807, 2.05) is 45.0 Å². The van der Waals surface area contributed by atoms with Gasteiger partial charge >= 0.3 is 5.97 Å². The predicted octanol–water partition coefficient (Wildman–Crippen LogP) is 3.72. The average molecular weight is 431 g/mol. The van der Waals surface area contributed by atoms with E-state index in [2.05, 4.69) is 4.98 Å². The third-order valence-corrected chi connectivity index (χ3v) is 5.61. The van der Waals surface area contributed by atoms with E-state index in [4.69, 9.17) is 14.2 Å². The fourth-order valence-corrected chi connectivity index (χ4v) is 4.33. The van der Waals surface area contributed by atoms with Crippen molar-refractivity contribution in [1.29, 1.82) is 0 Å². The first kappa shape index (κ1) is 22.0. The molecule has 2 heterocycles. The Morgan fingerprint density at radius 3 is 2.50 bits per heavy atom. The van der Waals surface area contributed by atoms with Gasteiger partial charge in [0, 0.05) is 17.0 Å². The van der Waals surface area contributed by atoms with E-state index in [1.165, 1.54) is 15.9 Å². The molecule has 0 spiro atoms. The zero-order valence-electron chi connectivity index (χ0n) is 17.7. The molecule has 0 N–H and O–H groups in total. The Labute approximate surface area is 179 Å². The Bertz CT molecular complexity index is 1090. The predicted molar refractivity (Wildman–Crippen MR) is 117 cm³/mol. The zero-order chi connectivity index (χ0) is 21.7. The van der Waals surface area contributed by atoms with Crippen LogP contribution in [-0.2, 0) is 20.8 Å². The van der Waals surface area contributed by atoms with Gasteiger partial charge in [-0.3, -0.25) is 14.2 Å². The average Bonchev–Trinajstić information content (AvgIpc) is 3.05. The third kappa shape index (κ3) is 4.71. The molecule has 1 aromatic carbocycles. The number of fused-ring (bicyclic) bond motifs is 1. The van der Waals surface area contributed by atoms with Gasteiger partial charge in [0.05, 0.1) is 18.6 Å². The second-order valence-electron chi connectivity index (χ2n) is 6.64. The van der Waals surface area contributed by atoms with E-state index < -0.39 is 5.97 Å². The van der Waals surface area contributed by atoms with Crippen LogP contribution in [0.2, 0.25) is 0 Å². The molecule has 0 saturated carbocycles. The Balaban J connectivity index is 1.96. The molecule has 0 saturated heterocycles. The van der Waals surface area contributed by atoms with Crippen LogP contribution in [0.5, 0.6) is 5.75 Å². The lowest BCUT2D eigenvalue weighted by atomic mass is 10.0. The van der Waals surface area contributed by atoms with E-state index in [1.54, 1.807) is 6.92 Å². The number of carbonyl (C=O) groups is 1. The van der Waals surface area contributed by atoms with Crippen LogP contribution < -0.4 is 10.3 Å². The minimum Gasteiger partial charge on any atom is -0.494 e. The van der Waals surface area contributed by atoms with Crippen molar-refractivity contribution in [2.24, 2.45) is 0 Å². The Kier molecular flexibility index (Phi) is 7.23. The molecule has 2 aromatic heterocycles. The van der Waals surface area contributed by atoms with E-state index in [-0.39, 0.29) is 18.7 Å². The molecule has 0 amide bonds. The second-order valence-corrected chi connectivity index (χ2v) is 7.84. The highest BCUT2D eigenvalue weighted by atomic mass is 32.1. The van der Waals surface area contributed by atoms with Crippen molar-refractivity contribution in [2.75, 3.05) is 26.4 Å². The number of hydrogen-bond donors (Lipinski definition) is 0. The number of ether oxygens (including phenoxy) is 3. The molecule has 3 aromatic rings. The summed E-state index contributed by atoms with van der Waals surface area (Å²) in [5.74, 6) is 0.768. The quantitative estimate of drug-likeness (QED) is 0.380. The van der Waals surface area contributed by atoms with Crippen molar-refractivity contribution in [1.82, 2.24) is 9.55 Å². The number of hydrogen-bond acceptors (Lipinski definition) is 7. The van der Waals surface area contributed by atoms with Crippen LogP contribution in [0, 0.1) is 13.8 Å². The summed E-state index contributed by atoms with van der Waals surface area (Å²) in [6.45, 7) is 8.96. The van der Waals surface area contributed by atoms with Crippen LogP contribution in [0.1, 0.15) is 24.5 Å². The second kappa shape index (κ2) is 9.86. The van der Waals surface area contributed by atoms with Gasteiger partial charge in [-0.25, -0.2) is 4.98 Å². The summed E-state index contributed by atoms with van der Waals surface area (Å²) in [4.78, 5) is 31.7. The number of thiophene rings is 1. The van der Waals surface area contributed by atoms with Gasteiger partial charge in [0.15, 0.2) is 0 Å². The smallest absolute Gasteiger partial charge is 0.326 e. The van der Waals surface area contributed by atoms with E-state index >= 15 is 0 Å². The van der Waals surface area contributed by atoms with Gasteiger partial charge in [-0.1, -0.05) is 12.1 Å². The van der Waals surface area contributed by atoms with Crippen molar-refractivity contribution in [3.63, 3.8) is 0 Å². The molecule has 8 heteroatoms. The molecule has 160 valence electrons. The molecule has 0 atom stereocenters. The maximum Gasteiger partial charge on any atom is 0.326 e. The molecule has 3 rings (SSSR count). The van der Waals surface area contributed by atoms with Crippen LogP contribution in [-0.4, -0.2) is 41.9 Å². The van der Waals surface area contributed by atoms with Crippen molar-refractivity contribution < 1.29 is 19.0 Å². The molecule has 0 fully saturated rings. The summed E-state index contributed by atoms with van der Waals surface area (Å²) < 4.78 is 17.2. The highest BCUT2D eigenvalue weighted by Crippen LogP contribution is 2.36. The number of nitrogens with zero attached hydrogens (tertiary/aromatic N) is 2. The molecule has 0 aliphatic carbocycles. The Hall–Kier alpha value is -2.71. The number of aromatic nitrogens is 2. The summed E-state index contributed by atoms with van der Waals surface area (Å²) in [5, 5.41) is 0.523. The van der Waals surface area contributed by atoms with Crippen molar-refractivity contribution in [2.45, 2.75) is 34.2 Å². The normalized spacial score (nSPS) is 11.1. The Morgan fingerprint density at radius 1 is 1.10 bits per heavy atom. The first-order valence-electron chi connectivity index (χ1n) is 9.93.